The van der Waals surface area contributed by atoms with Crippen LogP contribution in [0.15, 0.2) is 42.5 Å². The van der Waals surface area contributed by atoms with Gasteiger partial charge in [-0.1, -0.05) is 40.9 Å². The van der Waals surface area contributed by atoms with Gasteiger partial charge in [0.15, 0.2) is 0 Å². The van der Waals surface area contributed by atoms with Crippen LogP contribution in [0.25, 0.3) is 0 Å². The molecule has 2 N–H and O–H groups in total. The minimum Gasteiger partial charge on any atom is -0.349 e. The number of hydrogen-bond acceptors (Lipinski definition) is 2. The van der Waals surface area contributed by atoms with Crippen molar-refractivity contribution in [3.8, 4) is 0 Å². The van der Waals surface area contributed by atoms with Gasteiger partial charge < -0.3 is 10.6 Å². The third-order valence-corrected chi connectivity index (χ3v) is 5.27. The quantitative estimate of drug-likeness (QED) is 0.818. The molecule has 0 spiro atoms. The van der Waals surface area contributed by atoms with Gasteiger partial charge in [0.1, 0.15) is 0 Å². The van der Waals surface area contributed by atoms with Crippen LogP contribution in [-0.2, 0) is 0 Å². The molecule has 1 heterocycles. The molecule has 2 atom stereocenters. The molecular formula is C18H17Cl3N2O. The fourth-order valence-electron chi connectivity index (χ4n) is 2.98. The largest absolute Gasteiger partial charge is 0.349 e. The van der Waals surface area contributed by atoms with E-state index >= 15 is 0 Å². The Balaban J connectivity index is 1.78. The molecule has 1 amide bonds. The molecule has 3 nitrogen and oxygen atoms in total. The Morgan fingerprint density at radius 1 is 1.04 bits per heavy atom. The highest BCUT2D eigenvalue weighted by Gasteiger charge is 2.28. The second kappa shape index (κ2) is 7.75. The third kappa shape index (κ3) is 4.04. The Morgan fingerprint density at radius 2 is 1.79 bits per heavy atom. The molecule has 126 valence electrons. The normalized spacial score (nSPS) is 20.6. The summed E-state index contributed by atoms with van der Waals surface area (Å²) in [6.07, 6.45) is 0.851. The van der Waals surface area contributed by atoms with Gasteiger partial charge in [0.05, 0.1) is 10.0 Å². The number of hydrogen-bond donors (Lipinski definition) is 2. The zero-order chi connectivity index (χ0) is 17.1. The van der Waals surface area contributed by atoms with E-state index in [2.05, 4.69) is 10.6 Å². The van der Waals surface area contributed by atoms with Crippen molar-refractivity contribution < 1.29 is 4.79 Å². The van der Waals surface area contributed by atoms with E-state index in [0.29, 0.717) is 20.6 Å². The van der Waals surface area contributed by atoms with Crippen LogP contribution >= 0.6 is 34.8 Å². The van der Waals surface area contributed by atoms with E-state index < -0.39 is 0 Å². The molecule has 0 saturated carbocycles. The Labute approximate surface area is 156 Å². The van der Waals surface area contributed by atoms with Gasteiger partial charge in [-0.2, -0.15) is 0 Å². The maximum atomic E-state index is 12.5. The molecule has 2 unspecified atom stereocenters. The molecule has 2 aromatic rings. The molecule has 24 heavy (non-hydrogen) atoms. The minimum atomic E-state index is -0.0939. The van der Waals surface area contributed by atoms with Crippen molar-refractivity contribution in [2.24, 2.45) is 0 Å². The van der Waals surface area contributed by atoms with Crippen LogP contribution in [0, 0.1) is 0 Å². The number of benzene rings is 2. The number of halogens is 3. The summed E-state index contributed by atoms with van der Waals surface area (Å²) in [7, 11) is 0. The van der Waals surface area contributed by atoms with Crippen molar-refractivity contribution in [2.75, 3.05) is 13.1 Å². The molecular weight excluding hydrogens is 367 g/mol. The van der Waals surface area contributed by atoms with Crippen LogP contribution in [0.4, 0.5) is 0 Å². The lowest BCUT2D eigenvalue weighted by Crippen LogP contribution is -2.48. The molecule has 6 heteroatoms. The van der Waals surface area contributed by atoms with Crippen molar-refractivity contribution in [2.45, 2.75) is 18.4 Å². The lowest BCUT2D eigenvalue weighted by atomic mass is 9.86. The van der Waals surface area contributed by atoms with Gasteiger partial charge >= 0.3 is 0 Å². The molecule has 0 aliphatic carbocycles. The van der Waals surface area contributed by atoms with Crippen molar-refractivity contribution >= 4 is 40.7 Å². The van der Waals surface area contributed by atoms with Gasteiger partial charge in [-0.05, 0) is 54.9 Å². The fourth-order valence-corrected chi connectivity index (χ4v) is 3.41. The monoisotopic (exact) mass is 382 g/mol. The Morgan fingerprint density at radius 3 is 2.50 bits per heavy atom. The van der Waals surface area contributed by atoms with Gasteiger partial charge in [-0.3, -0.25) is 4.79 Å². The van der Waals surface area contributed by atoms with Gasteiger partial charge in [0, 0.05) is 29.1 Å². The molecule has 2 aromatic carbocycles. The standard InChI is InChI=1S/C18H17Cl3N2O/c19-13-4-1-11(2-5-13)18(24)23-17-7-8-22-10-14(17)12-3-6-15(20)16(21)9-12/h1-6,9,14,17,22H,7-8,10H2,(H,23,24). The van der Waals surface area contributed by atoms with Gasteiger partial charge in [-0.15, -0.1) is 0 Å². The predicted octanol–water partition coefficient (Wildman–Crippen LogP) is 4.52. The number of nitrogens with one attached hydrogen (secondary N) is 2. The number of carbonyl (C=O) groups is 1. The van der Waals surface area contributed by atoms with Gasteiger partial charge in [0.2, 0.25) is 0 Å². The van der Waals surface area contributed by atoms with Crippen LogP contribution in [0.5, 0.6) is 0 Å². The van der Waals surface area contributed by atoms with E-state index in [-0.39, 0.29) is 17.9 Å². The Bertz CT molecular complexity index is 734. The molecule has 3 rings (SSSR count). The topological polar surface area (TPSA) is 41.1 Å². The summed E-state index contributed by atoms with van der Waals surface area (Å²) in [4.78, 5) is 12.5. The maximum absolute atomic E-state index is 12.5. The average molecular weight is 384 g/mol. The summed E-state index contributed by atoms with van der Waals surface area (Å²) in [6.45, 7) is 1.65. The zero-order valence-electron chi connectivity index (χ0n) is 12.9. The average Bonchev–Trinajstić information content (AvgIpc) is 2.58. The van der Waals surface area contributed by atoms with Crippen molar-refractivity contribution in [3.63, 3.8) is 0 Å². The lowest BCUT2D eigenvalue weighted by Gasteiger charge is -2.33. The fraction of sp³-hybridized carbons (Fsp3) is 0.278. The van der Waals surface area contributed by atoms with E-state index in [4.69, 9.17) is 34.8 Å². The Hall–Kier alpha value is -1.26. The van der Waals surface area contributed by atoms with Crippen molar-refractivity contribution in [1.29, 1.82) is 0 Å². The van der Waals surface area contributed by atoms with Crippen LogP contribution in [0.1, 0.15) is 28.3 Å². The van der Waals surface area contributed by atoms with E-state index in [1.807, 2.05) is 12.1 Å². The summed E-state index contributed by atoms with van der Waals surface area (Å²) in [5.74, 6) is 0.0494. The predicted molar refractivity (Wildman–Crippen MR) is 99.4 cm³/mol. The van der Waals surface area contributed by atoms with Crippen LogP contribution in [0.3, 0.4) is 0 Å². The first kappa shape index (κ1) is 17.6. The maximum Gasteiger partial charge on any atom is 0.251 e. The highest BCUT2D eigenvalue weighted by molar-refractivity contribution is 6.42. The van der Waals surface area contributed by atoms with E-state index in [1.54, 1.807) is 30.3 Å². The first-order valence-electron chi connectivity index (χ1n) is 7.76. The van der Waals surface area contributed by atoms with E-state index in [9.17, 15) is 4.79 Å². The van der Waals surface area contributed by atoms with E-state index in [1.165, 1.54) is 0 Å². The van der Waals surface area contributed by atoms with Crippen LogP contribution in [-0.4, -0.2) is 25.0 Å². The highest BCUT2D eigenvalue weighted by Crippen LogP contribution is 2.30. The number of carbonyl (C=O) groups excluding carboxylic acids is 1. The van der Waals surface area contributed by atoms with Crippen molar-refractivity contribution in [1.82, 2.24) is 10.6 Å². The zero-order valence-corrected chi connectivity index (χ0v) is 15.1. The lowest BCUT2D eigenvalue weighted by molar-refractivity contribution is 0.0923. The third-order valence-electron chi connectivity index (χ3n) is 4.28. The summed E-state index contributed by atoms with van der Waals surface area (Å²) in [6, 6.07) is 12.6. The number of rotatable bonds is 3. The minimum absolute atomic E-state index is 0.0340. The SMILES string of the molecule is O=C(NC1CCNCC1c1ccc(Cl)c(Cl)c1)c1ccc(Cl)cc1. The summed E-state index contributed by atoms with van der Waals surface area (Å²) >= 11 is 18.0. The molecule has 0 aromatic heterocycles. The van der Waals surface area contributed by atoms with Crippen molar-refractivity contribution in [3.05, 3.63) is 68.7 Å². The first-order valence-corrected chi connectivity index (χ1v) is 8.90. The molecule has 1 fully saturated rings. The molecule has 0 bridgehead atoms. The highest BCUT2D eigenvalue weighted by atomic mass is 35.5. The summed E-state index contributed by atoms with van der Waals surface area (Å²) in [5.41, 5.74) is 1.67. The van der Waals surface area contributed by atoms with E-state index in [0.717, 1.165) is 25.1 Å². The molecule has 1 saturated heterocycles. The molecule has 0 radical (unpaired) electrons. The van der Waals surface area contributed by atoms with Crippen LogP contribution in [0.2, 0.25) is 15.1 Å². The second-order valence-corrected chi connectivity index (χ2v) is 7.11. The Kier molecular flexibility index (Phi) is 5.67. The first-order chi connectivity index (χ1) is 11.5. The number of piperidine rings is 1. The summed E-state index contributed by atoms with van der Waals surface area (Å²) in [5, 5.41) is 8.19. The molecule has 1 aliphatic rings. The van der Waals surface area contributed by atoms with Gasteiger partial charge in [-0.25, -0.2) is 0 Å². The second-order valence-electron chi connectivity index (χ2n) is 5.86. The molecule has 1 aliphatic heterocycles. The summed E-state index contributed by atoms with van der Waals surface area (Å²) < 4.78 is 0. The smallest absolute Gasteiger partial charge is 0.251 e. The number of amides is 1. The van der Waals surface area contributed by atoms with Crippen LogP contribution < -0.4 is 10.6 Å². The van der Waals surface area contributed by atoms with Gasteiger partial charge in [0.25, 0.3) is 5.91 Å².